The van der Waals surface area contributed by atoms with Crippen molar-refractivity contribution in [3.63, 3.8) is 0 Å². The quantitative estimate of drug-likeness (QED) is 0.372. The van der Waals surface area contributed by atoms with E-state index in [1.165, 1.54) is 25.3 Å². The summed E-state index contributed by atoms with van der Waals surface area (Å²) in [6, 6.07) is 8.86. The third-order valence-corrected chi connectivity index (χ3v) is 7.27. The fourth-order valence-corrected chi connectivity index (χ4v) is 5.41. The van der Waals surface area contributed by atoms with Crippen LogP contribution in [0.4, 0.5) is 13.6 Å². The lowest BCUT2D eigenvalue weighted by Gasteiger charge is -2.43. The zero-order valence-electron chi connectivity index (χ0n) is 22.5. The summed E-state index contributed by atoms with van der Waals surface area (Å²) in [5.41, 5.74) is -0.0427. The molecule has 0 saturated carbocycles. The lowest BCUT2D eigenvalue weighted by molar-refractivity contribution is -0.136. The van der Waals surface area contributed by atoms with Crippen molar-refractivity contribution in [2.45, 2.75) is 51.0 Å². The number of hydrogen-bond donors (Lipinski definition) is 3. The minimum absolute atomic E-state index is 0.0277. The molecular weight excluding hydrogens is 492 g/mol. The number of nitrogens with one attached hydrogen (secondary N) is 2. The maximum Gasteiger partial charge on any atom is 0.406 e. The first-order valence-corrected chi connectivity index (χ1v) is 13.2. The summed E-state index contributed by atoms with van der Waals surface area (Å²) in [6.07, 6.45) is 2.47. The van der Waals surface area contributed by atoms with Crippen molar-refractivity contribution in [3.8, 4) is 11.1 Å². The number of rotatable bonds is 11. The highest BCUT2D eigenvalue weighted by Crippen LogP contribution is 2.44. The van der Waals surface area contributed by atoms with E-state index in [9.17, 15) is 19.1 Å². The number of alkyl carbamates (subject to hydrolysis) is 1. The molecule has 0 bridgehead atoms. The van der Waals surface area contributed by atoms with Crippen molar-refractivity contribution in [3.05, 3.63) is 59.2 Å². The molecule has 38 heavy (non-hydrogen) atoms. The molecule has 2 amide bonds. The van der Waals surface area contributed by atoms with E-state index in [-0.39, 0.29) is 30.4 Å². The van der Waals surface area contributed by atoms with E-state index >= 15 is 4.39 Å². The summed E-state index contributed by atoms with van der Waals surface area (Å²) >= 11 is 0. The van der Waals surface area contributed by atoms with Crippen LogP contribution in [0.3, 0.4) is 0 Å². The van der Waals surface area contributed by atoms with Crippen LogP contribution >= 0.6 is 0 Å². The number of amides is 2. The number of aryl methyl sites for hydroxylation is 1. The number of ether oxygens (including phenoxy) is 1. The highest BCUT2D eigenvalue weighted by Gasteiger charge is 2.43. The normalized spacial score (nSPS) is 17.1. The molecule has 0 aliphatic carbocycles. The number of benzene rings is 2. The van der Waals surface area contributed by atoms with Gasteiger partial charge in [0, 0.05) is 37.5 Å². The maximum atomic E-state index is 15.4. The van der Waals surface area contributed by atoms with Crippen LogP contribution in [-0.4, -0.2) is 62.3 Å². The number of hydrogen-bond acceptors (Lipinski definition) is 5. The van der Waals surface area contributed by atoms with Crippen LogP contribution in [0.25, 0.3) is 11.1 Å². The van der Waals surface area contributed by atoms with Gasteiger partial charge in [0.25, 0.3) is 0 Å². The van der Waals surface area contributed by atoms with Crippen LogP contribution < -0.4 is 10.6 Å². The zero-order chi connectivity index (χ0) is 27.7. The average Bonchev–Trinajstić information content (AvgIpc) is 2.90. The van der Waals surface area contributed by atoms with Crippen molar-refractivity contribution in [1.29, 1.82) is 0 Å². The molecule has 1 aliphatic rings. The van der Waals surface area contributed by atoms with Gasteiger partial charge in [0.2, 0.25) is 5.91 Å². The summed E-state index contributed by atoms with van der Waals surface area (Å²) < 4.78 is 34.4. The Hall–Kier alpha value is -3.04. The first-order valence-electron chi connectivity index (χ1n) is 13.2. The van der Waals surface area contributed by atoms with Crippen LogP contribution in [0.1, 0.15) is 49.7 Å². The monoisotopic (exact) mass is 531 g/mol. The molecule has 2 unspecified atom stereocenters. The first kappa shape index (κ1) is 29.5. The number of carbonyl (C=O) groups excluding carboxylic acids is 2. The maximum absolute atomic E-state index is 15.4. The number of halogens is 2. The number of aliphatic hydroxyl groups is 1. The summed E-state index contributed by atoms with van der Waals surface area (Å²) in [5.74, 6) is -1.40. The summed E-state index contributed by atoms with van der Waals surface area (Å²) in [6.45, 7) is 3.65. The molecular formula is C29H39F2N3O4. The van der Waals surface area contributed by atoms with Gasteiger partial charge in [0.15, 0.2) is 0 Å². The van der Waals surface area contributed by atoms with Gasteiger partial charge < -0.3 is 25.4 Å². The van der Waals surface area contributed by atoms with Crippen LogP contribution in [0.5, 0.6) is 0 Å². The van der Waals surface area contributed by atoms with Crippen molar-refractivity contribution >= 4 is 12.0 Å². The van der Waals surface area contributed by atoms with Gasteiger partial charge in [0.05, 0.1) is 12.7 Å². The minimum atomic E-state index is -1.53. The van der Waals surface area contributed by atoms with E-state index in [1.807, 2.05) is 7.05 Å². The van der Waals surface area contributed by atoms with Crippen LogP contribution in [0.15, 0.2) is 36.4 Å². The second kappa shape index (κ2) is 13.7. The topological polar surface area (TPSA) is 90.9 Å². The predicted molar refractivity (Wildman–Crippen MR) is 143 cm³/mol. The molecule has 1 fully saturated rings. The molecule has 3 rings (SSSR count). The van der Waals surface area contributed by atoms with E-state index in [4.69, 9.17) is 0 Å². The molecule has 2 aromatic carbocycles. The highest BCUT2D eigenvalue weighted by atomic mass is 19.1. The largest absolute Gasteiger partial charge is 0.453 e. The summed E-state index contributed by atoms with van der Waals surface area (Å²) in [5, 5.41) is 18.1. The molecule has 0 spiro atoms. The molecule has 3 N–H and O–H groups in total. The Morgan fingerprint density at radius 2 is 1.97 bits per heavy atom. The Bertz CT molecular complexity index is 1090. The van der Waals surface area contributed by atoms with Gasteiger partial charge in [-0.3, -0.25) is 4.79 Å². The Balaban J connectivity index is 1.99. The number of nitrogens with zero attached hydrogens (tertiary/aromatic N) is 1. The molecule has 0 radical (unpaired) electrons. The molecule has 1 saturated heterocycles. The fourth-order valence-electron chi connectivity index (χ4n) is 5.41. The Labute approximate surface area is 223 Å². The van der Waals surface area contributed by atoms with Crippen LogP contribution in [0.2, 0.25) is 0 Å². The van der Waals surface area contributed by atoms with E-state index in [2.05, 4.69) is 15.4 Å². The van der Waals surface area contributed by atoms with Gasteiger partial charge >= 0.3 is 6.09 Å². The molecule has 0 aromatic heterocycles. The second-order valence-corrected chi connectivity index (χ2v) is 10.0. The van der Waals surface area contributed by atoms with Crippen LogP contribution in [-0.2, 0) is 15.1 Å². The van der Waals surface area contributed by atoms with E-state index in [1.54, 1.807) is 30.0 Å². The molecule has 9 heteroatoms. The van der Waals surface area contributed by atoms with Gasteiger partial charge in [-0.25, -0.2) is 13.6 Å². The third-order valence-electron chi connectivity index (χ3n) is 7.27. The van der Waals surface area contributed by atoms with E-state index < -0.39 is 23.3 Å². The highest BCUT2D eigenvalue weighted by molar-refractivity contribution is 5.76. The number of likely N-dealkylation sites (tertiary alicyclic amines) is 1. The Morgan fingerprint density at radius 1 is 1.18 bits per heavy atom. The number of carbonyl (C=O) groups is 2. The summed E-state index contributed by atoms with van der Waals surface area (Å²) in [7, 11) is 3.11. The lowest BCUT2D eigenvalue weighted by Crippen LogP contribution is -2.48. The first-order chi connectivity index (χ1) is 18.2. The minimum Gasteiger partial charge on any atom is -0.453 e. The molecule has 1 aliphatic heterocycles. The number of methoxy groups -OCH3 is 1. The fraction of sp³-hybridized carbons (Fsp3) is 0.517. The van der Waals surface area contributed by atoms with Crippen molar-refractivity contribution in [1.82, 2.24) is 15.5 Å². The van der Waals surface area contributed by atoms with Crippen molar-refractivity contribution in [2.75, 3.05) is 40.3 Å². The van der Waals surface area contributed by atoms with Crippen molar-refractivity contribution in [2.24, 2.45) is 5.92 Å². The van der Waals surface area contributed by atoms with Gasteiger partial charge in [-0.15, -0.1) is 0 Å². The average molecular weight is 532 g/mol. The zero-order valence-corrected chi connectivity index (χ0v) is 22.5. The Morgan fingerprint density at radius 3 is 2.68 bits per heavy atom. The van der Waals surface area contributed by atoms with Gasteiger partial charge in [0.1, 0.15) is 11.6 Å². The standard InChI is InChI=1S/C29H39F2N3O4/c1-20-16-21(18-23(30)17-20)27-24(9-4-10-25(27)31)29(37,12-7-14-33-28(36)38-3)22-8-6-15-34(19-22)26(35)11-5-13-32-2/h4,9-10,16-18,22,32,37H,5-8,11-15,19H2,1-3H3,(H,33,36). The van der Waals surface area contributed by atoms with Gasteiger partial charge in [-0.05, 0) is 87.5 Å². The molecule has 2 aromatic rings. The van der Waals surface area contributed by atoms with Gasteiger partial charge in [-0.2, -0.15) is 0 Å². The molecule has 208 valence electrons. The smallest absolute Gasteiger partial charge is 0.406 e. The summed E-state index contributed by atoms with van der Waals surface area (Å²) in [4.78, 5) is 26.3. The molecule has 2 atom stereocenters. The predicted octanol–water partition coefficient (Wildman–Crippen LogP) is 4.50. The van der Waals surface area contributed by atoms with E-state index in [0.29, 0.717) is 61.9 Å². The van der Waals surface area contributed by atoms with Gasteiger partial charge in [-0.1, -0.05) is 18.2 Å². The van der Waals surface area contributed by atoms with Crippen LogP contribution in [0, 0.1) is 24.5 Å². The second-order valence-electron chi connectivity index (χ2n) is 10.0. The van der Waals surface area contributed by atoms with Crippen molar-refractivity contribution < 1.29 is 28.2 Å². The molecule has 1 heterocycles. The van der Waals surface area contributed by atoms with E-state index in [0.717, 1.165) is 6.54 Å². The Kier molecular flexibility index (Phi) is 10.6. The number of piperidine rings is 1. The third kappa shape index (κ3) is 7.29. The lowest BCUT2D eigenvalue weighted by atomic mass is 9.72. The molecule has 7 nitrogen and oxygen atoms in total. The SMILES string of the molecule is CNCCCC(=O)N1CCCC(C(O)(CCCNC(=O)OC)c2cccc(F)c2-c2cc(C)cc(F)c2)C1.